The Morgan fingerprint density at radius 1 is 1.35 bits per heavy atom. The Balaban J connectivity index is 2.53. The second-order valence-corrected chi connectivity index (χ2v) is 7.41. The molecule has 0 fully saturated rings. The molecule has 0 N–H and O–H groups in total. The van der Waals surface area contributed by atoms with Gasteiger partial charge in [-0.25, -0.2) is 9.44 Å². The monoisotopic (exact) mass is 492 g/mol. The molecular weight excluding hydrogens is 484 g/mol. The Kier molecular flexibility index (Phi) is 4.91. The minimum Gasteiger partial charge on any atom is -0.271 e. The van der Waals surface area contributed by atoms with E-state index >= 15 is 0 Å². The Labute approximate surface area is 127 Å². The van der Waals surface area contributed by atoms with Gasteiger partial charge in [0.05, 0.1) is 24.6 Å². The Hall–Kier alpha value is 0.410. The summed E-state index contributed by atoms with van der Waals surface area (Å²) in [7, 11) is 0. The van der Waals surface area contributed by atoms with Gasteiger partial charge in [0, 0.05) is 17.3 Å². The van der Waals surface area contributed by atoms with Crippen molar-refractivity contribution >= 4 is 56.8 Å². The Bertz CT molecular complexity index is 597. The lowest BCUT2D eigenvalue weighted by Gasteiger charge is -2.04. The molecule has 0 aliphatic rings. The largest absolute Gasteiger partial charge is 0.271 e. The molecule has 2 atom stereocenters. The highest BCUT2D eigenvalue weighted by Gasteiger charge is 2.10. The van der Waals surface area contributed by atoms with E-state index in [-0.39, 0.29) is 5.56 Å². The highest BCUT2D eigenvalue weighted by Crippen LogP contribution is 2.27. The number of hydrogen-bond acceptors (Lipinski definition) is 3. The first-order valence-electron chi connectivity index (χ1n) is 4.54. The zero-order chi connectivity index (χ0) is 12.4. The fourth-order valence-electron chi connectivity index (χ4n) is 1.39. The van der Waals surface area contributed by atoms with Gasteiger partial charge in [0.25, 0.3) is 5.56 Å². The molecule has 2 aromatic rings. The topological polar surface area (TPSA) is 52.7 Å². The third kappa shape index (κ3) is 2.88. The second kappa shape index (κ2) is 6.04. The Morgan fingerprint density at radius 2 is 2.12 bits per heavy atom. The van der Waals surface area contributed by atoms with E-state index in [0.717, 1.165) is 11.3 Å². The highest BCUT2D eigenvalue weighted by molar-refractivity contribution is 14.2. The van der Waals surface area contributed by atoms with E-state index in [4.69, 9.17) is 0 Å². The lowest BCUT2D eigenvalue weighted by atomic mass is 10.1. The highest BCUT2D eigenvalue weighted by atomic mass is 127. The van der Waals surface area contributed by atoms with Crippen molar-refractivity contribution in [2.24, 2.45) is 0 Å². The van der Waals surface area contributed by atoms with Crippen molar-refractivity contribution in [2.45, 2.75) is 6.92 Å². The SMILES string of the molecule is Cc1c(-c2cnn(PI)c2)ncn(PI)c1=O. The van der Waals surface area contributed by atoms with E-state index in [2.05, 4.69) is 54.2 Å². The number of aromatic nitrogens is 4. The normalized spacial score (nSPS) is 12.2. The molecule has 0 bridgehead atoms. The summed E-state index contributed by atoms with van der Waals surface area (Å²) < 4.78 is 3.45. The molecule has 0 amide bonds. The molecule has 2 aromatic heterocycles. The van der Waals surface area contributed by atoms with E-state index in [9.17, 15) is 4.79 Å². The maximum absolute atomic E-state index is 12.0. The van der Waals surface area contributed by atoms with E-state index < -0.39 is 0 Å². The molecule has 17 heavy (non-hydrogen) atoms. The first-order valence-corrected chi connectivity index (χ1v) is 12.7. The van der Waals surface area contributed by atoms with Gasteiger partial charge >= 0.3 is 0 Å². The lowest BCUT2D eigenvalue weighted by Crippen LogP contribution is -2.17. The van der Waals surface area contributed by atoms with Crippen LogP contribution in [-0.2, 0) is 0 Å². The van der Waals surface area contributed by atoms with Gasteiger partial charge in [-0.3, -0.25) is 9.13 Å². The first-order chi connectivity index (χ1) is 8.17. The molecule has 2 unspecified atom stereocenters. The van der Waals surface area contributed by atoms with Crippen LogP contribution in [0.5, 0.6) is 0 Å². The molecule has 0 aliphatic heterocycles. The number of rotatable bonds is 3. The minimum absolute atomic E-state index is 0.0207. The average Bonchev–Trinajstić information content (AvgIpc) is 2.81. The van der Waals surface area contributed by atoms with Gasteiger partial charge < -0.3 is 0 Å². The van der Waals surface area contributed by atoms with Gasteiger partial charge in [0.2, 0.25) is 0 Å². The molecule has 2 heterocycles. The number of halogens is 2. The van der Waals surface area contributed by atoms with Crippen LogP contribution in [0.4, 0.5) is 0 Å². The van der Waals surface area contributed by atoms with Crippen molar-refractivity contribution in [1.29, 1.82) is 0 Å². The maximum Gasteiger partial charge on any atom is 0.260 e. The van der Waals surface area contributed by atoms with Crippen LogP contribution >= 0.6 is 56.8 Å². The zero-order valence-corrected chi connectivity index (χ0v) is 15.0. The van der Waals surface area contributed by atoms with Crippen molar-refractivity contribution < 1.29 is 0 Å². The molecule has 0 aromatic carbocycles. The van der Waals surface area contributed by atoms with Crippen molar-refractivity contribution in [1.82, 2.24) is 18.9 Å². The molecule has 0 spiro atoms. The molecule has 0 radical (unpaired) electrons. The predicted molar refractivity (Wildman–Crippen MR) is 89.9 cm³/mol. The van der Waals surface area contributed by atoms with Crippen molar-refractivity contribution in [2.75, 3.05) is 0 Å². The van der Waals surface area contributed by atoms with Crippen molar-refractivity contribution in [3.63, 3.8) is 0 Å². The molecule has 5 nitrogen and oxygen atoms in total. The van der Waals surface area contributed by atoms with Crippen LogP contribution < -0.4 is 5.56 Å². The molecule has 0 aliphatic carbocycles. The summed E-state index contributed by atoms with van der Waals surface area (Å²) in [6.45, 7) is 1.81. The minimum atomic E-state index is 0.0207. The van der Waals surface area contributed by atoms with Crippen molar-refractivity contribution in [3.05, 3.63) is 34.6 Å². The van der Waals surface area contributed by atoms with Crippen LogP contribution in [0.15, 0.2) is 23.5 Å². The maximum atomic E-state index is 12.0. The lowest BCUT2D eigenvalue weighted by molar-refractivity contribution is 1.01. The van der Waals surface area contributed by atoms with Gasteiger partial charge in [0.1, 0.15) is 6.33 Å². The summed E-state index contributed by atoms with van der Waals surface area (Å²) in [6.07, 6.45) is 6.18. The van der Waals surface area contributed by atoms with Crippen molar-refractivity contribution in [3.8, 4) is 11.3 Å². The fraction of sp³-hybridized carbons (Fsp3) is 0.125. The molecule has 2 rings (SSSR count). The quantitative estimate of drug-likeness (QED) is 0.490. The summed E-state index contributed by atoms with van der Waals surface area (Å²) in [5, 5.41) is 4.20. The standard InChI is InChI=1S/C8H8I2N4OP2/c1-5-7(6-2-12-14(3-6)17-10)11-4-13(16-9)8(5)15/h2-4,16-17H,1H3. The van der Waals surface area contributed by atoms with Gasteiger partial charge in [-0.2, -0.15) is 5.10 Å². The number of nitrogens with zero attached hydrogens (tertiary/aromatic N) is 4. The zero-order valence-electron chi connectivity index (χ0n) is 8.69. The number of hydrogen-bond donors (Lipinski definition) is 0. The molecule has 0 saturated heterocycles. The summed E-state index contributed by atoms with van der Waals surface area (Å²) in [5.41, 5.74) is 2.31. The van der Waals surface area contributed by atoms with Gasteiger partial charge in [-0.15, -0.1) is 0 Å². The third-order valence-electron chi connectivity index (χ3n) is 2.23. The summed E-state index contributed by atoms with van der Waals surface area (Å²) >= 11 is 4.42. The Morgan fingerprint density at radius 3 is 2.71 bits per heavy atom. The van der Waals surface area contributed by atoms with E-state index in [1.165, 1.54) is 0 Å². The fourth-order valence-corrected chi connectivity index (χ4v) is 3.85. The molecular formula is C8H8I2N4OP2. The van der Waals surface area contributed by atoms with Crippen LogP contribution in [0.1, 0.15) is 5.56 Å². The van der Waals surface area contributed by atoms with Gasteiger partial charge in [0.15, 0.2) is 0 Å². The molecule has 0 saturated carbocycles. The van der Waals surface area contributed by atoms with Crippen LogP contribution in [0, 0.1) is 6.92 Å². The summed E-state index contributed by atoms with van der Waals surface area (Å²) in [4.78, 5) is 16.3. The van der Waals surface area contributed by atoms with E-state index in [1.54, 1.807) is 16.9 Å². The summed E-state index contributed by atoms with van der Waals surface area (Å²) in [5.74, 6) is 0. The van der Waals surface area contributed by atoms with Gasteiger partial charge in [-0.1, -0.05) is 0 Å². The molecule has 90 valence electrons. The van der Waals surface area contributed by atoms with Crippen LogP contribution in [0.25, 0.3) is 11.3 Å². The smallest absolute Gasteiger partial charge is 0.260 e. The summed E-state index contributed by atoms with van der Waals surface area (Å²) in [6, 6.07) is 0. The van der Waals surface area contributed by atoms with E-state index in [1.807, 2.05) is 17.6 Å². The molecule has 9 heteroatoms. The second-order valence-electron chi connectivity index (χ2n) is 3.24. The van der Waals surface area contributed by atoms with Gasteiger partial charge in [-0.05, 0) is 51.0 Å². The van der Waals surface area contributed by atoms with Crippen LogP contribution in [-0.4, -0.2) is 18.9 Å². The van der Waals surface area contributed by atoms with Crippen LogP contribution in [0.2, 0.25) is 0 Å². The third-order valence-corrected chi connectivity index (χ3v) is 6.19. The van der Waals surface area contributed by atoms with E-state index in [0.29, 0.717) is 18.3 Å². The first kappa shape index (κ1) is 13.8. The van der Waals surface area contributed by atoms with Crippen LogP contribution in [0.3, 0.4) is 0 Å². The predicted octanol–water partition coefficient (Wildman–Crippen LogP) is 3.00. The average molecular weight is 492 g/mol.